The second-order valence-corrected chi connectivity index (χ2v) is 4.56. The van der Waals surface area contributed by atoms with Gasteiger partial charge in [0.2, 0.25) is 11.7 Å². The lowest BCUT2D eigenvalue weighted by Crippen LogP contribution is -2.19. The summed E-state index contributed by atoms with van der Waals surface area (Å²) >= 11 is 0. The molecule has 2 aromatic rings. The van der Waals surface area contributed by atoms with Gasteiger partial charge in [-0.3, -0.25) is 4.79 Å². The molecule has 0 saturated heterocycles. The highest BCUT2D eigenvalue weighted by Gasteiger charge is 2.26. The standard InChI is InChI=1S/C13H9N5O2/c19-10-3-4-14-13-9(10)6-8-5-7(1-2-11(8)20-13)12-15-17-18-16-12/h1-2,4-5H,3,6H2,(H,15,16,17,18). The zero-order chi connectivity index (χ0) is 13.5. The number of carbonyl (C=O) groups is 1. The second-order valence-electron chi connectivity index (χ2n) is 4.56. The van der Waals surface area contributed by atoms with Crippen LogP contribution in [-0.4, -0.2) is 32.6 Å². The monoisotopic (exact) mass is 267 g/mol. The summed E-state index contributed by atoms with van der Waals surface area (Å²) in [4.78, 5) is 16.0. The predicted octanol–water partition coefficient (Wildman–Crippen LogP) is 1.06. The average Bonchev–Trinajstić information content (AvgIpc) is 3.00. The van der Waals surface area contributed by atoms with Gasteiger partial charge in [0.25, 0.3) is 0 Å². The maximum atomic E-state index is 11.9. The Morgan fingerprint density at radius 3 is 3.10 bits per heavy atom. The SMILES string of the molecule is O=C1CC=NC2=C1Cc1cc(-c3nn[nH]n3)ccc1O2. The van der Waals surface area contributed by atoms with Crippen LogP contribution in [0.15, 0.2) is 34.6 Å². The minimum atomic E-state index is 0.0608. The fraction of sp³-hybridized carbons (Fsp3) is 0.154. The molecule has 0 unspecified atom stereocenters. The number of tetrazole rings is 1. The van der Waals surface area contributed by atoms with Gasteiger partial charge in [-0.05, 0) is 23.4 Å². The van der Waals surface area contributed by atoms with Crippen molar-refractivity contribution in [1.29, 1.82) is 0 Å². The van der Waals surface area contributed by atoms with Gasteiger partial charge in [-0.1, -0.05) is 0 Å². The first kappa shape index (κ1) is 11.0. The lowest BCUT2D eigenvalue weighted by molar-refractivity contribution is -0.114. The summed E-state index contributed by atoms with van der Waals surface area (Å²) in [6, 6.07) is 5.60. The summed E-state index contributed by atoms with van der Waals surface area (Å²) in [5, 5.41) is 13.8. The number of allylic oxidation sites excluding steroid dienone is 1. The third-order valence-electron chi connectivity index (χ3n) is 3.32. The van der Waals surface area contributed by atoms with Crippen molar-refractivity contribution in [3.8, 4) is 17.1 Å². The van der Waals surface area contributed by atoms with Gasteiger partial charge in [-0.25, -0.2) is 4.99 Å². The van der Waals surface area contributed by atoms with E-state index in [4.69, 9.17) is 4.74 Å². The van der Waals surface area contributed by atoms with E-state index in [2.05, 4.69) is 25.6 Å². The first-order valence-electron chi connectivity index (χ1n) is 6.15. The number of H-pyrrole nitrogens is 1. The number of nitrogens with zero attached hydrogens (tertiary/aromatic N) is 4. The van der Waals surface area contributed by atoms with Crippen LogP contribution in [0.25, 0.3) is 11.4 Å². The predicted molar refractivity (Wildman–Crippen MR) is 69.1 cm³/mol. The topological polar surface area (TPSA) is 93.1 Å². The first-order valence-corrected chi connectivity index (χ1v) is 6.15. The number of nitrogens with one attached hydrogen (secondary N) is 1. The molecular formula is C13H9N5O2. The van der Waals surface area contributed by atoms with E-state index < -0.39 is 0 Å². The van der Waals surface area contributed by atoms with E-state index >= 15 is 0 Å². The number of hydrogen-bond donors (Lipinski definition) is 1. The van der Waals surface area contributed by atoms with Crippen LogP contribution >= 0.6 is 0 Å². The van der Waals surface area contributed by atoms with Crippen LogP contribution < -0.4 is 4.74 Å². The fourth-order valence-corrected chi connectivity index (χ4v) is 2.33. The molecule has 0 atom stereocenters. The fourth-order valence-electron chi connectivity index (χ4n) is 2.33. The molecule has 0 radical (unpaired) electrons. The smallest absolute Gasteiger partial charge is 0.226 e. The minimum absolute atomic E-state index is 0.0608. The highest BCUT2D eigenvalue weighted by molar-refractivity contribution is 6.06. The highest BCUT2D eigenvalue weighted by Crippen LogP contribution is 2.34. The molecule has 3 heterocycles. The molecule has 0 bridgehead atoms. The molecule has 2 aliphatic heterocycles. The number of rotatable bonds is 1. The molecule has 1 aromatic heterocycles. The van der Waals surface area contributed by atoms with Crippen molar-refractivity contribution in [3.63, 3.8) is 0 Å². The maximum absolute atomic E-state index is 11.9. The van der Waals surface area contributed by atoms with Crippen LogP contribution in [0.1, 0.15) is 12.0 Å². The molecule has 2 aliphatic rings. The largest absolute Gasteiger partial charge is 0.438 e. The summed E-state index contributed by atoms with van der Waals surface area (Å²) in [5.41, 5.74) is 2.39. The molecule has 7 nitrogen and oxygen atoms in total. The van der Waals surface area contributed by atoms with Crippen LogP contribution in [0.2, 0.25) is 0 Å². The van der Waals surface area contributed by atoms with Crippen molar-refractivity contribution in [2.75, 3.05) is 0 Å². The Kier molecular flexibility index (Phi) is 2.26. The number of fused-ring (bicyclic) bond motifs is 1. The first-order chi connectivity index (χ1) is 9.81. The van der Waals surface area contributed by atoms with Gasteiger partial charge < -0.3 is 4.74 Å². The number of aliphatic imine (C=N–C) groups is 1. The molecule has 7 heteroatoms. The molecule has 0 saturated carbocycles. The Hall–Kier alpha value is -2.83. The van der Waals surface area contributed by atoms with E-state index in [0.717, 1.165) is 11.1 Å². The quantitative estimate of drug-likeness (QED) is 0.833. The molecule has 98 valence electrons. The molecule has 1 aromatic carbocycles. The van der Waals surface area contributed by atoms with Crippen LogP contribution in [0.3, 0.4) is 0 Å². The Balaban J connectivity index is 1.76. The Morgan fingerprint density at radius 1 is 1.30 bits per heavy atom. The molecule has 1 N–H and O–H groups in total. The van der Waals surface area contributed by atoms with E-state index in [1.54, 1.807) is 6.21 Å². The van der Waals surface area contributed by atoms with Gasteiger partial charge in [-0.15, -0.1) is 10.2 Å². The third-order valence-corrected chi connectivity index (χ3v) is 3.32. The molecule has 4 rings (SSSR count). The van der Waals surface area contributed by atoms with E-state index in [-0.39, 0.29) is 5.78 Å². The van der Waals surface area contributed by atoms with Gasteiger partial charge in [0.1, 0.15) is 5.75 Å². The minimum Gasteiger partial charge on any atom is -0.438 e. The van der Waals surface area contributed by atoms with Crippen molar-refractivity contribution in [1.82, 2.24) is 20.6 Å². The number of carbonyl (C=O) groups excluding carboxylic acids is 1. The molecule has 0 fully saturated rings. The number of ketones is 1. The summed E-state index contributed by atoms with van der Waals surface area (Å²) in [5.74, 6) is 1.70. The number of aromatic amines is 1. The number of hydrogen-bond acceptors (Lipinski definition) is 6. The Morgan fingerprint density at radius 2 is 2.25 bits per heavy atom. The van der Waals surface area contributed by atoms with E-state index in [1.807, 2.05) is 18.2 Å². The van der Waals surface area contributed by atoms with Crippen LogP contribution in [0.5, 0.6) is 5.75 Å². The highest BCUT2D eigenvalue weighted by atomic mass is 16.5. The van der Waals surface area contributed by atoms with Gasteiger partial charge in [0, 0.05) is 30.2 Å². The second kappa shape index (κ2) is 4.09. The zero-order valence-corrected chi connectivity index (χ0v) is 10.3. The van der Waals surface area contributed by atoms with E-state index in [0.29, 0.717) is 35.9 Å². The number of Topliss-reactive ketones (excluding diaryl/α,β-unsaturated/α-hetero) is 1. The van der Waals surface area contributed by atoms with Crippen LogP contribution in [0.4, 0.5) is 0 Å². The average molecular weight is 267 g/mol. The summed E-state index contributed by atoms with van der Waals surface area (Å²) in [7, 11) is 0. The number of benzene rings is 1. The Labute approximate surface area is 113 Å². The molecular weight excluding hydrogens is 258 g/mol. The van der Waals surface area contributed by atoms with Crippen molar-refractivity contribution >= 4 is 12.0 Å². The van der Waals surface area contributed by atoms with Crippen LogP contribution in [0, 0.1) is 0 Å². The zero-order valence-electron chi connectivity index (χ0n) is 10.3. The lowest BCUT2D eigenvalue weighted by atomic mass is 9.95. The van der Waals surface area contributed by atoms with Crippen molar-refractivity contribution in [2.24, 2.45) is 4.99 Å². The summed E-state index contributed by atoms with van der Waals surface area (Å²) in [6.45, 7) is 0. The summed E-state index contributed by atoms with van der Waals surface area (Å²) in [6.07, 6.45) is 2.44. The molecule has 0 aliphatic carbocycles. The number of ether oxygens (including phenoxy) is 1. The normalized spacial score (nSPS) is 16.7. The van der Waals surface area contributed by atoms with Gasteiger partial charge in [0.05, 0.1) is 5.57 Å². The lowest BCUT2D eigenvalue weighted by Gasteiger charge is -2.22. The summed E-state index contributed by atoms with van der Waals surface area (Å²) < 4.78 is 5.68. The van der Waals surface area contributed by atoms with Gasteiger partial charge >= 0.3 is 0 Å². The Bertz CT molecular complexity index is 761. The molecule has 0 amide bonds. The third kappa shape index (κ3) is 1.63. The maximum Gasteiger partial charge on any atom is 0.226 e. The van der Waals surface area contributed by atoms with Gasteiger partial charge in [0.15, 0.2) is 5.78 Å². The van der Waals surface area contributed by atoms with Crippen molar-refractivity contribution in [3.05, 3.63) is 35.2 Å². The molecule has 0 spiro atoms. The van der Waals surface area contributed by atoms with Crippen LogP contribution in [-0.2, 0) is 11.2 Å². The van der Waals surface area contributed by atoms with E-state index in [1.165, 1.54) is 0 Å². The van der Waals surface area contributed by atoms with E-state index in [9.17, 15) is 4.79 Å². The van der Waals surface area contributed by atoms with Gasteiger partial charge in [-0.2, -0.15) is 5.21 Å². The molecule has 20 heavy (non-hydrogen) atoms. The van der Waals surface area contributed by atoms with Crippen molar-refractivity contribution in [2.45, 2.75) is 12.8 Å². The van der Waals surface area contributed by atoms with Crippen molar-refractivity contribution < 1.29 is 9.53 Å². The number of aromatic nitrogens is 4.